The molecule has 0 N–H and O–H groups in total. The van der Waals surface area contributed by atoms with E-state index in [-0.39, 0.29) is 17.8 Å². The molecule has 0 spiro atoms. The Morgan fingerprint density at radius 3 is 2.54 bits per heavy atom. The van der Waals surface area contributed by atoms with E-state index in [1.165, 1.54) is 11.8 Å². The third-order valence-corrected chi connectivity index (χ3v) is 6.20. The second-order valence-corrected chi connectivity index (χ2v) is 9.09. The fourth-order valence-electron chi connectivity index (χ4n) is 4.03. The zero-order chi connectivity index (χ0) is 26.4. The van der Waals surface area contributed by atoms with E-state index < -0.39 is 6.23 Å². The SMILES string of the molecule is CCCC(=O)Oc1ccc([C@H]2Oc3nc(SC)nnc3-c3ccccc3N2C(=O)CCC)cc1OCC. The molecule has 1 aliphatic heterocycles. The number of carbonyl (C=O) groups is 2. The van der Waals surface area contributed by atoms with Gasteiger partial charge in [0.15, 0.2) is 17.2 Å². The van der Waals surface area contributed by atoms with E-state index in [0.29, 0.717) is 71.5 Å². The lowest BCUT2D eigenvalue weighted by molar-refractivity contribution is -0.134. The molecule has 1 aliphatic rings. The van der Waals surface area contributed by atoms with Gasteiger partial charge in [-0.3, -0.25) is 14.5 Å². The summed E-state index contributed by atoms with van der Waals surface area (Å²) in [5.74, 6) is 0.539. The van der Waals surface area contributed by atoms with Crippen LogP contribution in [0.15, 0.2) is 47.6 Å². The summed E-state index contributed by atoms with van der Waals surface area (Å²) in [5, 5.41) is 9.04. The molecule has 1 atom stereocenters. The molecule has 0 aliphatic carbocycles. The first kappa shape index (κ1) is 26.4. The summed E-state index contributed by atoms with van der Waals surface area (Å²) in [7, 11) is 0. The van der Waals surface area contributed by atoms with Crippen molar-refractivity contribution in [2.24, 2.45) is 0 Å². The topological polar surface area (TPSA) is 104 Å². The van der Waals surface area contributed by atoms with Crippen molar-refractivity contribution in [3.05, 3.63) is 48.0 Å². The highest BCUT2D eigenvalue weighted by atomic mass is 32.2. The van der Waals surface area contributed by atoms with Crippen LogP contribution < -0.4 is 19.1 Å². The number of hydrogen-bond donors (Lipinski definition) is 0. The zero-order valence-electron chi connectivity index (χ0n) is 21.4. The minimum atomic E-state index is -0.868. The number of nitrogens with zero attached hydrogens (tertiary/aromatic N) is 4. The van der Waals surface area contributed by atoms with Gasteiger partial charge in [-0.15, -0.1) is 10.2 Å². The Morgan fingerprint density at radius 1 is 1.03 bits per heavy atom. The number of carbonyl (C=O) groups excluding carboxylic acids is 2. The monoisotopic (exact) mass is 522 g/mol. The number of para-hydroxylation sites is 1. The largest absolute Gasteiger partial charge is 0.490 e. The summed E-state index contributed by atoms with van der Waals surface area (Å²) in [5.41, 5.74) is 2.44. The van der Waals surface area contributed by atoms with Crippen molar-refractivity contribution < 1.29 is 23.8 Å². The maximum atomic E-state index is 13.6. The molecular formula is C27H30N4O5S. The van der Waals surface area contributed by atoms with Crippen molar-refractivity contribution in [3.63, 3.8) is 0 Å². The number of hydrogen-bond acceptors (Lipinski definition) is 9. The molecule has 3 aromatic rings. The van der Waals surface area contributed by atoms with Crippen LogP contribution in [0.25, 0.3) is 11.3 Å². The first-order chi connectivity index (χ1) is 18.0. The van der Waals surface area contributed by atoms with Crippen LogP contribution >= 0.6 is 11.8 Å². The van der Waals surface area contributed by atoms with Gasteiger partial charge in [-0.2, -0.15) is 4.98 Å². The number of benzene rings is 2. The third-order valence-electron chi connectivity index (χ3n) is 5.66. The summed E-state index contributed by atoms with van der Waals surface area (Å²) in [4.78, 5) is 31.9. The average Bonchev–Trinajstić information content (AvgIpc) is 3.04. The Hall–Kier alpha value is -3.66. The molecule has 37 heavy (non-hydrogen) atoms. The van der Waals surface area contributed by atoms with Crippen molar-refractivity contribution in [1.82, 2.24) is 15.2 Å². The number of anilines is 1. The van der Waals surface area contributed by atoms with Gasteiger partial charge in [0.2, 0.25) is 23.2 Å². The molecule has 2 heterocycles. The van der Waals surface area contributed by atoms with Crippen LogP contribution in [0, 0.1) is 0 Å². The van der Waals surface area contributed by atoms with Gasteiger partial charge in [0.1, 0.15) is 0 Å². The smallest absolute Gasteiger partial charge is 0.311 e. The van der Waals surface area contributed by atoms with E-state index in [9.17, 15) is 9.59 Å². The second-order valence-electron chi connectivity index (χ2n) is 8.32. The van der Waals surface area contributed by atoms with E-state index in [0.717, 1.165) is 0 Å². The summed E-state index contributed by atoms with van der Waals surface area (Å²) in [6, 6.07) is 12.7. The molecule has 0 saturated heterocycles. The predicted molar refractivity (Wildman–Crippen MR) is 141 cm³/mol. The van der Waals surface area contributed by atoms with Crippen molar-refractivity contribution >= 4 is 29.3 Å². The van der Waals surface area contributed by atoms with Crippen LogP contribution in [0.5, 0.6) is 17.4 Å². The van der Waals surface area contributed by atoms with Gasteiger partial charge >= 0.3 is 5.97 Å². The quantitative estimate of drug-likeness (QED) is 0.202. The molecule has 2 aromatic carbocycles. The number of esters is 1. The second kappa shape index (κ2) is 12.1. The van der Waals surface area contributed by atoms with Gasteiger partial charge in [0, 0.05) is 24.0 Å². The van der Waals surface area contributed by atoms with Crippen LogP contribution in [-0.4, -0.2) is 39.9 Å². The number of amides is 1. The molecule has 10 heteroatoms. The summed E-state index contributed by atoms with van der Waals surface area (Å²) in [6.07, 6.45) is 2.96. The van der Waals surface area contributed by atoms with Gasteiger partial charge in [0.05, 0.1) is 12.3 Å². The number of fused-ring (bicyclic) bond motifs is 3. The van der Waals surface area contributed by atoms with Crippen LogP contribution in [0.4, 0.5) is 5.69 Å². The zero-order valence-corrected chi connectivity index (χ0v) is 22.2. The first-order valence-corrected chi connectivity index (χ1v) is 13.6. The van der Waals surface area contributed by atoms with Crippen molar-refractivity contribution in [2.45, 2.75) is 57.8 Å². The molecular weight excluding hydrogens is 492 g/mol. The number of rotatable bonds is 9. The lowest BCUT2D eigenvalue weighted by Gasteiger charge is -2.31. The van der Waals surface area contributed by atoms with Gasteiger partial charge in [-0.1, -0.05) is 43.8 Å². The highest BCUT2D eigenvalue weighted by Gasteiger charge is 2.36. The molecule has 194 valence electrons. The Bertz CT molecular complexity index is 1290. The van der Waals surface area contributed by atoms with Crippen LogP contribution in [0.1, 0.15) is 58.2 Å². The van der Waals surface area contributed by atoms with E-state index in [1.54, 1.807) is 23.1 Å². The van der Waals surface area contributed by atoms with Crippen molar-refractivity contribution in [2.75, 3.05) is 17.8 Å². The third kappa shape index (κ3) is 5.69. The summed E-state index contributed by atoms with van der Waals surface area (Å²) >= 11 is 1.35. The molecule has 0 fully saturated rings. The molecule has 1 aromatic heterocycles. The number of ether oxygens (including phenoxy) is 3. The van der Waals surface area contributed by atoms with Gasteiger partial charge in [0.25, 0.3) is 0 Å². The fraction of sp³-hybridized carbons (Fsp3) is 0.370. The lowest BCUT2D eigenvalue weighted by Crippen LogP contribution is -2.37. The van der Waals surface area contributed by atoms with Crippen LogP contribution in [0.2, 0.25) is 0 Å². The van der Waals surface area contributed by atoms with E-state index in [2.05, 4.69) is 15.2 Å². The fourth-order valence-corrected chi connectivity index (χ4v) is 4.33. The molecule has 9 nitrogen and oxygen atoms in total. The Labute approximate surface area is 220 Å². The Balaban J connectivity index is 1.87. The van der Waals surface area contributed by atoms with E-state index in [4.69, 9.17) is 14.2 Å². The average molecular weight is 523 g/mol. The van der Waals surface area contributed by atoms with E-state index in [1.807, 2.05) is 51.3 Å². The van der Waals surface area contributed by atoms with E-state index >= 15 is 0 Å². The maximum absolute atomic E-state index is 13.6. The predicted octanol–water partition coefficient (Wildman–Crippen LogP) is 5.59. The van der Waals surface area contributed by atoms with Crippen LogP contribution in [0.3, 0.4) is 0 Å². The minimum absolute atomic E-state index is 0.109. The molecule has 0 radical (unpaired) electrons. The van der Waals surface area contributed by atoms with Gasteiger partial charge in [-0.25, -0.2) is 0 Å². The highest BCUT2D eigenvalue weighted by molar-refractivity contribution is 7.98. The Kier molecular flexibility index (Phi) is 8.60. The highest BCUT2D eigenvalue weighted by Crippen LogP contribution is 2.44. The molecule has 0 bridgehead atoms. The minimum Gasteiger partial charge on any atom is -0.490 e. The standard InChI is InChI=1S/C27H30N4O5S/c1-5-10-22(32)31-19-13-9-8-12-18(19)24-25(28-27(37-4)30-29-24)36-26(31)17-14-15-20(21(16-17)34-7-3)35-23(33)11-6-2/h8-9,12-16,26H,5-7,10-11H2,1-4H3/t26-/m1/s1. The molecule has 4 rings (SSSR count). The lowest BCUT2D eigenvalue weighted by atomic mass is 10.1. The number of thioether (sulfide) groups is 1. The summed E-state index contributed by atoms with van der Waals surface area (Å²) in [6.45, 7) is 6.08. The normalized spacial score (nSPS) is 14.2. The number of aromatic nitrogens is 3. The van der Waals surface area contributed by atoms with Crippen molar-refractivity contribution in [3.8, 4) is 28.6 Å². The van der Waals surface area contributed by atoms with Gasteiger partial charge in [-0.05, 0) is 50.3 Å². The first-order valence-electron chi connectivity index (χ1n) is 12.3. The maximum Gasteiger partial charge on any atom is 0.311 e. The molecule has 0 unspecified atom stereocenters. The van der Waals surface area contributed by atoms with Gasteiger partial charge < -0.3 is 14.2 Å². The van der Waals surface area contributed by atoms with Crippen molar-refractivity contribution in [1.29, 1.82) is 0 Å². The van der Waals surface area contributed by atoms with Crippen LogP contribution in [-0.2, 0) is 9.59 Å². The molecule has 1 amide bonds. The molecule has 0 saturated carbocycles. The summed E-state index contributed by atoms with van der Waals surface area (Å²) < 4.78 is 17.8. The Morgan fingerprint density at radius 2 is 1.81 bits per heavy atom.